The molecule has 1 nitrogen and oxygen atoms in total. The molecule has 106 valence electrons. The topological polar surface area (TPSA) is 12.0 Å². The van der Waals surface area contributed by atoms with E-state index in [0.717, 1.165) is 11.6 Å². The zero-order valence-electron chi connectivity index (χ0n) is 11.3. The van der Waals surface area contributed by atoms with E-state index in [1.165, 1.54) is 24.3 Å². The van der Waals surface area contributed by atoms with Crippen molar-refractivity contribution in [2.45, 2.75) is 25.9 Å². The number of hydrogen-bond acceptors (Lipinski definition) is 1. The molecule has 0 amide bonds. The van der Waals surface area contributed by atoms with Gasteiger partial charge in [-0.2, -0.15) is 0 Å². The summed E-state index contributed by atoms with van der Waals surface area (Å²) < 4.78 is 39.2. The first-order valence-electron chi connectivity index (χ1n) is 6.43. The highest BCUT2D eigenvalue weighted by molar-refractivity contribution is 5.23. The standard InChI is InChI=1S/C16H16F3N/c1-10(12-3-5-14(17)6-4-12)20-11(2)13-7-15(18)9-16(19)8-13/h3-11,20H,1-2H3/t10-,11?/m0/s1. The molecule has 0 aromatic heterocycles. The zero-order chi connectivity index (χ0) is 14.7. The van der Waals surface area contributed by atoms with Crippen LogP contribution in [0.2, 0.25) is 0 Å². The van der Waals surface area contributed by atoms with Crippen molar-refractivity contribution in [3.8, 4) is 0 Å². The lowest BCUT2D eigenvalue weighted by molar-refractivity contribution is 0.486. The van der Waals surface area contributed by atoms with Crippen LogP contribution in [0.15, 0.2) is 42.5 Å². The number of nitrogens with one attached hydrogen (secondary N) is 1. The molecule has 0 fully saturated rings. The monoisotopic (exact) mass is 279 g/mol. The van der Waals surface area contributed by atoms with Gasteiger partial charge in [0.15, 0.2) is 0 Å². The lowest BCUT2D eigenvalue weighted by atomic mass is 10.0. The Hall–Kier alpha value is -1.81. The summed E-state index contributed by atoms with van der Waals surface area (Å²) in [5.74, 6) is -1.48. The number of rotatable bonds is 4. The molecule has 0 saturated heterocycles. The average Bonchev–Trinajstić information content (AvgIpc) is 2.38. The predicted molar refractivity (Wildman–Crippen MR) is 72.7 cm³/mol. The lowest BCUT2D eigenvalue weighted by Gasteiger charge is -2.21. The Morgan fingerprint density at radius 2 is 1.20 bits per heavy atom. The minimum Gasteiger partial charge on any atom is -0.304 e. The van der Waals surface area contributed by atoms with Crippen LogP contribution in [0.25, 0.3) is 0 Å². The number of hydrogen-bond donors (Lipinski definition) is 1. The van der Waals surface area contributed by atoms with E-state index in [9.17, 15) is 13.2 Å². The largest absolute Gasteiger partial charge is 0.304 e. The Balaban J connectivity index is 2.10. The van der Waals surface area contributed by atoms with Crippen LogP contribution < -0.4 is 5.32 Å². The highest BCUT2D eigenvalue weighted by atomic mass is 19.1. The molecule has 2 atom stereocenters. The van der Waals surface area contributed by atoms with Gasteiger partial charge in [0.25, 0.3) is 0 Å². The van der Waals surface area contributed by atoms with Crippen LogP contribution >= 0.6 is 0 Å². The number of benzene rings is 2. The number of halogens is 3. The van der Waals surface area contributed by atoms with Crippen LogP contribution in [0.5, 0.6) is 0 Å². The van der Waals surface area contributed by atoms with E-state index in [2.05, 4.69) is 5.32 Å². The van der Waals surface area contributed by atoms with Gasteiger partial charge < -0.3 is 5.32 Å². The molecule has 20 heavy (non-hydrogen) atoms. The van der Waals surface area contributed by atoms with Crippen molar-refractivity contribution in [2.75, 3.05) is 0 Å². The maximum Gasteiger partial charge on any atom is 0.126 e. The highest BCUT2D eigenvalue weighted by Gasteiger charge is 2.13. The van der Waals surface area contributed by atoms with Gasteiger partial charge in [0.2, 0.25) is 0 Å². The highest BCUT2D eigenvalue weighted by Crippen LogP contribution is 2.21. The van der Waals surface area contributed by atoms with Crippen molar-refractivity contribution in [3.05, 3.63) is 71.0 Å². The van der Waals surface area contributed by atoms with Crippen LogP contribution in [-0.4, -0.2) is 0 Å². The minimum absolute atomic E-state index is 0.0584. The zero-order valence-corrected chi connectivity index (χ0v) is 11.3. The summed E-state index contributed by atoms with van der Waals surface area (Å²) in [5.41, 5.74) is 1.45. The van der Waals surface area contributed by atoms with Gasteiger partial charge in [0, 0.05) is 18.2 Å². The van der Waals surface area contributed by atoms with Gasteiger partial charge >= 0.3 is 0 Å². The second-order valence-electron chi connectivity index (χ2n) is 4.86. The first-order valence-corrected chi connectivity index (χ1v) is 6.43. The molecule has 0 aliphatic carbocycles. The third-order valence-electron chi connectivity index (χ3n) is 3.25. The van der Waals surface area contributed by atoms with Crippen molar-refractivity contribution < 1.29 is 13.2 Å². The molecule has 0 bridgehead atoms. The summed E-state index contributed by atoms with van der Waals surface area (Å²) >= 11 is 0. The molecule has 2 aromatic carbocycles. The molecule has 0 spiro atoms. The van der Waals surface area contributed by atoms with Crippen LogP contribution in [0, 0.1) is 17.5 Å². The Kier molecular flexibility index (Phi) is 4.45. The summed E-state index contributed by atoms with van der Waals surface area (Å²) in [6, 6.07) is 9.32. The van der Waals surface area contributed by atoms with Crippen molar-refractivity contribution in [3.63, 3.8) is 0 Å². The van der Waals surface area contributed by atoms with Crippen molar-refractivity contribution in [2.24, 2.45) is 0 Å². The third kappa shape index (κ3) is 3.61. The second kappa shape index (κ2) is 6.09. The van der Waals surface area contributed by atoms with Crippen LogP contribution in [0.1, 0.15) is 37.1 Å². The van der Waals surface area contributed by atoms with E-state index in [-0.39, 0.29) is 17.9 Å². The summed E-state index contributed by atoms with van der Waals surface area (Å²) in [7, 11) is 0. The first kappa shape index (κ1) is 14.6. The third-order valence-corrected chi connectivity index (χ3v) is 3.25. The maximum absolute atomic E-state index is 13.2. The fourth-order valence-electron chi connectivity index (χ4n) is 2.14. The molecule has 0 aliphatic rings. The second-order valence-corrected chi connectivity index (χ2v) is 4.86. The Morgan fingerprint density at radius 1 is 0.700 bits per heavy atom. The molecule has 4 heteroatoms. The van der Waals surface area contributed by atoms with E-state index in [1.807, 2.05) is 13.8 Å². The Morgan fingerprint density at radius 3 is 1.75 bits per heavy atom. The SMILES string of the molecule is CC(N[C@@H](C)c1ccc(F)cc1)c1cc(F)cc(F)c1. The van der Waals surface area contributed by atoms with Gasteiger partial charge in [-0.15, -0.1) is 0 Å². The fraction of sp³-hybridized carbons (Fsp3) is 0.250. The summed E-state index contributed by atoms with van der Waals surface area (Å²) in [6.07, 6.45) is 0. The summed E-state index contributed by atoms with van der Waals surface area (Å²) in [6.45, 7) is 3.74. The fourth-order valence-corrected chi connectivity index (χ4v) is 2.14. The molecule has 0 radical (unpaired) electrons. The molecule has 1 unspecified atom stereocenters. The van der Waals surface area contributed by atoms with Gasteiger partial charge in [0.1, 0.15) is 17.5 Å². The summed E-state index contributed by atoms with van der Waals surface area (Å²) in [4.78, 5) is 0. The molecule has 0 heterocycles. The van der Waals surface area contributed by atoms with Crippen LogP contribution in [-0.2, 0) is 0 Å². The molecule has 0 saturated carbocycles. The molecule has 1 N–H and O–H groups in total. The van der Waals surface area contributed by atoms with E-state index in [1.54, 1.807) is 12.1 Å². The van der Waals surface area contributed by atoms with Gasteiger partial charge in [0.05, 0.1) is 0 Å². The average molecular weight is 279 g/mol. The van der Waals surface area contributed by atoms with Crippen LogP contribution in [0.4, 0.5) is 13.2 Å². The van der Waals surface area contributed by atoms with E-state index in [0.29, 0.717) is 5.56 Å². The van der Waals surface area contributed by atoms with Gasteiger partial charge in [-0.25, -0.2) is 13.2 Å². The smallest absolute Gasteiger partial charge is 0.126 e. The van der Waals surface area contributed by atoms with Crippen molar-refractivity contribution in [1.29, 1.82) is 0 Å². The molecule has 2 aromatic rings. The van der Waals surface area contributed by atoms with Crippen molar-refractivity contribution in [1.82, 2.24) is 5.32 Å². The molecular weight excluding hydrogens is 263 g/mol. The van der Waals surface area contributed by atoms with Gasteiger partial charge in [-0.3, -0.25) is 0 Å². The normalized spacial score (nSPS) is 14.1. The Bertz CT molecular complexity index is 561. The van der Waals surface area contributed by atoms with E-state index < -0.39 is 11.6 Å². The van der Waals surface area contributed by atoms with Gasteiger partial charge in [-0.05, 0) is 49.2 Å². The molecule has 2 rings (SSSR count). The maximum atomic E-state index is 13.2. The predicted octanol–water partition coefficient (Wildman–Crippen LogP) is 4.52. The van der Waals surface area contributed by atoms with Gasteiger partial charge in [-0.1, -0.05) is 12.1 Å². The Labute approximate surface area is 116 Å². The summed E-state index contributed by atoms with van der Waals surface area (Å²) in [5, 5.41) is 3.23. The first-order chi connectivity index (χ1) is 9.45. The van der Waals surface area contributed by atoms with E-state index in [4.69, 9.17) is 0 Å². The lowest BCUT2D eigenvalue weighted by Crippen LogP contribution is -2.22. The van der Waals surface area contributed by atoms with Crippen molar-refractivity contribution >= 4 is 0 Å². The van der Waals surface area contributed by atoms with Crippen LogP contribution in [0.3, 0.4) is 0 Å². The minimum atomic E-state index is -0.594. The molecular formula is C16H16F3N. The van der Waals surface area contributed by atoms with E-state index >= 15 is 0 Å². The quantitative estimate of drug-likeness (QED) is 0.868. The molecule has 0 aliphatic heterocycles.